The summed E-state index contributed by atoms with van der Waals surface area (Å²) in [6, 6.07) is 8.15. The largest absolute Gasteiger partial charge is 0.454 e. The van der Waals surface area contributed by atoms with Gasteiger partial charge in [0.25, 0.3) is 11.8 Å². The number of rotatable bonds is 6. The number of amides is 2. The summed E-state index contributed by atoms with van der Waals surface area (Å²) in [5.74, 6) is -1.21. The first-order valence-corrected chi connectivity index (χ1v) is 10.8. The Balaban J connectivity index is 1.58. The van der Waals surface area contributed by atoms with E-state index < -0.39 is 12.0 Å². The summed E-state index contributed by atoms with van der Waals surface area (Å²) in [5, 5.41) is 2.74. The van der Waals surface area contributed by atoms with Gasteiger partial charge in [0.2, 0.25) is 0 Å². The van der Waals surface area contributed by atoms with Gasteiger partial charge in [0, 0.05) is 18.2 Å². The second kappa shape index (κ2) is 8.40. The Kier molecular flexibility index (Phi) is 6.25. The summed E-state index contributed by atoms with van der Waals surface area (Å²) in [7, 11) is 0. The summed E-state index contributed by atoms with van der Waals surface area (Å²) in [6.07, 6.45) is 3.09. The van der Waals surface area contributed by atoms with E-state index in [4.69, 9.17) is 4.74 Å². The Hall–Kier alpha value is -2.37. The molecule has 1 saturated heterocycles. The van der Waals surface area contributed by atoms with Gasteiger partial charge in [-0.2, -0.15) is 0 Å². The van der Waals surface area contributed by atoms with Gasteiger partial charge in [-0.25, -0.2) is 4.79 Å². The standard InChI is InChI=1S/C24H34N2O4/c1-16(2)20(25-21(28)17-9-7-6-8-10-17)22(29)30-13-19(27)26-15-24(5)12-18(26)11-23(3,4)14-24/h6-10,16,18,20H,11-15H2,1-5H3,(H,25,28)/t18-,20-,24-/m0/s1. The monoisotopic (exact) mass is 414 g/mol. The van der Waals surface area contributed by atoms with Crippen LogP contribution in [0.2, 0.25) is 0 Å². The Morgan fingerprint density at radius 1 is 1.13 bits per heavy atom. The first-order valence-electron chi connectivity index (χ1n) is 10.8. The molecule has 2 amide bonds. The van der Waals surface area contributed by atoms with Gasteiger partial charge in [-0.05, 0) is 48.1 Å². The molecule has 1 aliphatic carbocycles. The molecule has 0 spiro atoms. The molecule has 2 bridgehead atoms. The van der Waals surface area contributed by atoms with E-state index in [0.29, 0.717) is 5.56 Å². The van der Waals surface area contributed by atoms with Crippen molar-refractivity contribution in [3.8, 4) is 0 Å². The highest BCUT2D eigenvalue weighted by molar-refractivity contribution is 5.97. The third-order valence-electron chi connectivity index (χ3n) is 6.32. The third kappa shape index (κ3) is 5.02. The van der Waals surface area contributed by atoms with Crippen LogP contribution in [-0.2, 0) is 14.3 Å². The summed E-state index contributed by atoms with van der Waals surface area (Å²) in [5.41, 5.74) is 0.830. The van der Waals surface area contributed by atoms with Crippen LogP contribution in [0.5, 0.6) is 0 Å². The molecule has 1 heterocycles. The van der Waals surface area contributed by atoms with Gasteiger partial charge in [0.1, 0.15) is 6.04 Å². The lowest BCUT2D eigenvalue weighted by Gasteiger charge is -2.39. The van der Waals surface area contributed by atoms with Gasteiger partial charge in [0.15, 0.2) is 6.61 Å². The average Bonchev–Trinajstić information content (AvgIpc) is 2.92. The number of likely N-dealkylation sites (tertiary alicyclic amines) is 1. The van der Waals surface area contributed by atoms with Crippen LogP contribution in [0.4, 0.5) is 0 Å². The number of carbonyl (C=O) groups is 3. The molecule has 0 unspecified atom stereocenters. The Bertz CT molecular complexity index is 805. The molecule has 1 aromatic rings. The van der Waals surface area contributed by atoms with Crippen molar-refractivity contribution in [1.82, 2.24) is 10.2 Å². The second-order valence-electron chi connectivity index (χ2n) is 10.4. The van der Waals surface area contributed by atoms with Gasteiger partial charge in [-0.15, -0.1) is 0 Å². The predicted octanol–water partition coefficient (Wildman–Crippen LogP) is 3.41. The van der Waals surface area contributed by atoms with Crippen LogP contribution >= 0.6 is 0 Å². The molecular weight excluding hydrogens is 380 g/mol. The van der Waals surface area contributed by atoms with Crippen molar-refractivity contribution in [1.29, 1.82) is 0 Å². The van der Waals surface area contributed by atoms with Crippen LogP contribution < -0.4 is 5.32 Å². The Morgan fingerprint density at radius 2 is 1.80 bits per heavy atom. The first kappa shape index (κ1) is 22.3. The summed E-state index contributed by atoms with van der Waals surface area (Å²) in [4.78, 5) is 39.8. The molecule has 3 rings (SSSR count). The lowest BCUT2D eigenvalue weighted by Crippen LogP contribution is -2.46. The summed E-state index contributed by atoms with van der Waals surface area (Å²) < 4.78 is 5.36. The summed E-state index contributed by atoms with van der Waals surface area (Å²) in [6.45, 7) is 10.9. The number of fused-ring (bicyclic) bond motifs is 2. The average molecular weight is 415 g/mol. The molecule has 0 radical (unpaired) electrons. The van der Waals surface area contributed by atoms with Crippen molar-refractivity contribution in [2.75, 3.05) is 13.2 Å². The molecule has 3 atom stereocenters. The molecule has 2 fully saturated rings. The molecule has 6 heteroatoms. The zero-order valence-electron chi connectivity index (χ0n) is 18.7. The van der Waals surface area contributed by atoms with Crippen molar-refractivity contribution < 1.29 is 19.1 Å². The van der Waals surface area contributed by atoms with Crippen LogP contribution in [-0.4, -0.2) is 47.9 Å². The normalized spacial score (nSPS) is 25.7. The minimum atomic E-state index is -0.806. The van der Waals surface area contributed by atoms with Crippen molar-refractivity contribution in [3.63, 3.8) is 0 Å². The molecular formula is C24H34N2O4. The number of hydrogen-bond acceptors (Lipinski definition) is 4. The van der Waals surface area contributed by atoms with Crippen molar-refractivity contribution >= 4 is 17.8 Å². The SMILES string of the molecule is CC(C)[C@H](NC(=O)c1ccccc1)C(=O)OCC(=O)N1C[C@@]2(C)C[C@@H]1CC(C)(C)C2. The van der Waals surface area contributed by atoms with Crippen LogP contribution in [0.25, 0.3) is 0 Å². The number of ether oxygens (including phenoxy) is 1. The molecule has 0 aromatic heterocycles. The van der Waals surface area contributed by atoms with Gasteiger partial charge >= 0.3 is 5.97 Å². The van der Waals surface area contributed by atoms with Crippen LogP contribution in [0.1, 0.15) is 64.2 Å². The van der Waals surface area contributed by atoms with Crippen LogP contribution in [0.3, 0.4) is 0 Å². The minimum absolute atomic E-state index is 0.135. The lowest BCUT2D eigenvalue weighted by molar-refractivity contribution is -0.154. The molecule has 30 heavy (non-hydrogen) atoms. The number of nitrogens with one attached hydrogen (secondary N) is 1. The van der Waals surface area contributed by atoms with Crippen molar-refractivity contribution in [3.05, 3.63) is 35.9 Å². The molecule has 1 saturated carbocycles. The fourth-order valence-electron chi connectivity index (χ4n) is 5.37. The maximum atomic E-state index is 12.8. The number of nitrogens with zero attached hydrogens (tertiary/aromatic N) is 1. The van der Waals surface area contributed by atoms with Crippen molar-refractivity contribution in [2.45, 2.75) is 66.0 Å². The smallest absolute Gasteiger partial charge is 0.329 e. The first-order chi connectivity index (χ1) is 14.0. The highest BCUT2D eigenvalue weighted by atomic mass is 16.5. The minimum Gasteiger partial charge on any atom is -0.454 e. The maximum absolute atomic E-state index is 12.8. The molecule has 6 nitrogen and oxygen atoms in total. The zero-order valence-corrected chi connectivity index (χ0v) is 18.7. The number of hydrogen-bond donors (Lipinski definition) is 1. The quantitative estimate of drug-likeness (QED) is 0.724. The van der Waals surface area contributed by atoms with E-state index >= 15 is 0 Å². The lowest BCUT2D eigenvalue weighted by atomic mass is 9.65. The van der Waals surface area contributed by atoms with E-state index in [0.717, 1.165) is 25.8 Å². The van der Waals surface area contributed by atoms with Gasteiger partial charge in [-0.1, -0.05) is 52.8 Å². The predicted molar refractivity (Wildman–Crippen MR) is 115 cm³/mol. The van der Waals surface area contributed by atoms with E-state index in [1.54, 1.807) is 24.3 Å². The van der Waals surface area contributed by atoms with E-state index in [2.05, 4.69) is 26.1 Å². The maximum Gasteiger partial charge on any atom is 0.329 e. The third-order valence-corrected chi connectivity index (χ3v) is 6.32. The Labute approximate surface area is 179 Å². The fraction of sp³-hybridized carbons (Fsp3) is 0.625. The molecule has 1 N–H and O–H groups in total. The molecule has 164 valence electrons. The molecule has 1 aliphatic heterocycles. The fourth-order valence-corrected chi connectivity index (χ4v) is 5.37. The van der Waals surface area contributed by atoms with E-state index in [1.165, 1.54) is 0 Å². The number of benzene rings is 1. The van der Waals surface area contributed by atoms with Crippen LogP contribution in [0.15, 0.2) is 30.3 Å². The van der Waals surface area contributed by atoms with E-state index in [-0.39, 0.29) is 41.2 Å². The highest BCUT2D eigenvalue weighted by Crippen LogP contribution is 2.52. The topological polar surface area (TPSA) is 75.7 Å². The molecule has 2 aliphatic rings. The number of esters is 1. The van der Waals surface area contributed by atoms with Crippen molar-refractivity contribution in [2.24, 2.45) is 16.7 Å². The zero-order chi connectivity index (χ0) is 22.1. The molecule has 1 aromatic carbocycles. The van der Waals surface area contributed by atoms with Crippen LogP contribution in [0, 0.1) is 16.7 Å². The van der Waals surface area contributed by atoms with E-state index in [1.807, 2.05) is 24.8 Å². The number of carbonyl (C=O) groups excluding carboxylic acids is 3. The second-order valence-corrected chi connectivity index (χ2v) is 10.4. The van der Waals surface area contributed by atoms with Gasteiger partial charge in [-0.3, -0.25) is 9.59 Å². The van der Waals surface area contributed by atoms with E-state index in [9.17, 15) is 14.4 Å². The Morgan fingerprint density at radius 3 is 2.43 bits per heavy atom. The van der Waals surface area contributed by atoms with Gasteiger partial charge in [0.05, 0.1) is 0 Å². The van der Waals surface area contributed by atoms with Gasteiger partial charge < -0.3 is 15.0 Å². The highest BCUT2D eigenvalue weighted by Gasteiger charge is 2.51. The summed E-state index contributed by atoms with van der Waals surface area (Å²) >= 11 is 0.